The summed E-state index contributed by atoms with van der Waals surface area (Å²) in [5, 5.41) is 21.1. The van der Waals surface area contributed by atoms with E-state index in [9.17, 15) is 23.9 Å². The first-order chi connectivity index (χ1) is 26.3. The monoisotopic (exact) mass is 726 g/mol. The number of aromatic hydroxyl groups is 1. The van der Waals surface area contributed by atoms with E-state index in [-0.39, 0.29) is 56.7 Å². The number of pyridine rings is 2. The highest BCUT2D eigenvalue weighted by atomic mass is 19.1. The van der Waals surface area contributed by atoms with Gasteiger partial charge in [-0.05, 0) is 53.1 Å². The number of fused-ring (bicyclic) bond motifs is 2. The van der Waals surface area contributed by atoms with Crippen molar-refractivity contribution in [1.82, 2.24) is 40.3 Å². The van der Waals surface area contributed by atoms with Crippen LogP contribution in [0.1, 0.15) is 22.5 Å². The molecule has 2 fully saturated rings. The molecule has 2 saturated heterocycles. The molecule has 2 N–H and O–H groups in total. The SMILES string of the molecule is O=C1C(Cc2ccc(O)cc2)N2C(=O)CN(Cc3cc(-c4ccc(F)cn4)no3)N(C(=O)NCc3ccccc3)C2CN1Cc1cccc2ncccc12. The summed E-state index contributed by atoms with van der Waals surface area (Å²) in [6.45, 7) is 0.185. The normalized spacial score (nSPS) is 17.5. The first-order valence-corrected chi connectivity index (χ1v) is 17.4. The lowest BCUT2D eigenvalue weighted by molar-refractivity contribution is -0.193. The minimum absolute atomic E-state index is 0.0176. The number of amides is 4. The number of carbonyl (C=O) groups excluding carboxylic acids is 3. The fourth-order valence-electron chi connectivity index (χ4n) is 7.11. The predicted molar refractivity (Wildman–Crippen MR) is 194 cm³/mol. The van der Waals surface area contributed by atoms with Gasteiger partial charge in [0.2, 0.25) is 11.8 Å². The maximum Gasteiger partial charge on any atom is 0.334 e. The van der Waals surface area contributed by atoms with Crippen LogP contribution >= 0.6 is 0 Å². The third-order valence-electron chi connectivity index (χ3n) is 9.67. The van der Waals surface area contributed by atoms with Gasteiger partial charge < -0.3 is 24.7 Å². The summed E-state index contributed by atoms with van der Waals surface area (Å²) in [6, 6.07) is 28.5. The molecule has 14 heteroatoms. The Morgan fingerprint density at radius 3 is 2.52 bits per heavy atom. The van der Waals surface area contributed by atoms with E-state index in [1.165, 1.54) is 34.2 Å². The Bertz CT molecular complexity index is 2300. The summed E-state index contributed by atoms with van der Waals surface area (Å²) in [4.78, 5) is 55.0. The Labute approximate surface area is 309 Å². The number of nitrogens with zero attached hydrogens (tertiary/aromatic N) is 7. The standard InChI is InChI=1S/C40H35FN8O5/c41-29-13-16-34(43-21-29)35-19-31(54-45-35)23-47-25-38(51)48-36(18-26-11-14-30(50)15-12-26)39(52)46(22-28-8-4-10-33-32(28)9-5-17-42-33)24-37(48)49(47)40(53)44-20-27-6-2-1-3-7-27/h1-17,19,21,36-37,50H,18,20,22-25H2,(H,44,53). The molecule has 0 aliphatic carbocycles. The van der Waals surface area contributed by atoms with E-state index in [2.05, 4.69) is 20.4 Å². The Hall–Kier alpha value is -6.67. The van der Waals surface area contributed by atoms with E-state index in [4.69, 9.17) is 4.52 Å². The van der Waals surface area contributed by atoms with Crippen molar-refractivity contribution in [2.75, 3.05) is 13.1 Å². The van der Waals surface area contributed by atoms with Crippen LogP contribution in [-0.4, -0.2) is 83.2 Å². The van der Waals surface area contributed by atoms with Crippen molar-refractivity contribution in [1.29, 1.82) is 0 Å². The summed E-state index contributed by atoms with van der Waals surface area (Å²) in [7, 11) is 0. The lowest BCUT2D eigenvalue weighted by Crippen LogP contribution is -2.76. The second-order valence-electron chi connectivity index (χ2n) is 13.2. The molecule has 0 saturated carbocycles. The zero-order valence-corrected chi connectivity index (χ0v) is 29.0. The molecule has 13 nitrogen and oxygen atoms in total. The fourth-order valence-corrected chi connectivity index (χ4v) is 7.11. The van der Waals surface area contributed by atoms with Gasteiger partial charge in [-0.3, -0.25) is 19.6 Å². The van der Waals surface area contributed by atoms with Crippen molar-refractivity contribution < 1.29 is 28.4 Å². The average Bonchev–Trinajstić information content (AvgIpc) is 3.65. The van der Waals surface area contributed by atoms with E-state index in [1.54, 1.807) is 34.3 Å². The first kappa shape index (κ1) is 34.4. The van der Waals surface area contributed by atoms with E-state index in [0.717, 1.165) is 33.8 Å². The Morgan fingerprint density at radius 2 is 1.72 bits per heavy atom. The first-order valence-electron chi connectivity index (χ1n) is 17.4. The minimum Gasteiger partial charge on any atom is -0.508 e. The number of rotatable bonds is 9. The number of phenolic OH excluding ortho intramolecular Hbond substituents is 1. The van der Waals surface area contributed by atoms with E-state index in [0.29, 0.717) is 17.1 Å². The average molecular weight is 727 g/mol. The van der Waals surface area contributed by atoms with E-state index < -0.39 is 24.1 Å². The number of carbonyl (C=O) groups is 3. The molecular formula is C40H35FN8O5. The van der Waals surface area contributed by atoms with Crippen LogP contribution < -0.4 is 5.32 Å². The molecule has 2 unspecified atom stereocenters. The molecule has 8 rings (SSSR count). The highest BCUT2D eigenvalue weighted by molar-refractivity contribution is 5.92. The maximum absolute atomic E-state index is 14.5. The van der Waals surface area contributed by atoms with Gasteiger partial charge in [0.25, 0.3) is 0 Å². The predicted octanol–water partition coefficient (Wildman–Crippen LogP) is 4.88. The molecule has 4 amide bonds. The van der Waals surface area contributed by atoms with Gasteiger partial charge in [-0.2, -0.15) is 5.01 Å². The Balaban J connectivity index is 1.16. The molecule has 3 aromatic carbocycles. The third-order valence-corrected chi connectivity index (χ3v) is 9.67. The second-order valence-corrected chi connectivity index (χ2v) is 13.2. The summed E-state index contributed by atoms with van der Waals surface area (Å²) in [5.41, 5.74) is 4.03. The number of hydrazine groups is 1. The van der Waals surface area contributed by atoms with Crippen molar-refractivity contribution >= 4 is 28.7 Å². The molecule has 6 aromatic rings. The highest BCUT2D eigenvalue weighted by Crippen LogP contribution is 2.32. The quantitative estimate of drug-likeness (QED) is 0.213. The molecule has 2 aliphatic heterocycles. The Kier molecular flexibility index (Phi) is 9.40. The van der Waals surface area contributed by atoms with Crippen LogP contribution in [0.4, 0.5) is 9.18 Å². The van der Waals surface area contributed by atoms with Gasteiger partial charge in [0.1, 0.15) is 29.5 Å². The van der Waals surface area contributed by atoms with Crippen LogP contribution in [0.3, 0.4) is 0 Å². The number of phenols is 1. The van der Waals surface area contributed by atoms with Gasteiger partial charge in [0.05, 0.1) is 37.0 Å². The van der Waals surface area contributed by atoms with Crippen LogP contribution in [0.25, 0.3) is 22.3 Å². The van der Waals surface area contributed by atoms with Gasteiger partial charge >= 0.3 is 6.03 Å². The minimum atomic E-state index is -0.957. The Morgan fingerprint density at radius 1 is 0.889 bits per heavy atom. The number of benzene rings is 3. The number of hydrogen-bond donors (Lipinski definition) is 2. The van der Waals surface area contributed by atoms with Crippen LogP contribution in [0.2, 0.25) is 0 Å². The molecule has 0 spiro atoms. The molecule has 54 heavy (non-hydrogen) atoms. The van der Waals surface area contributed by atoms with Gasteiger partial charge in [0.15, 0.2) is 5.76 Å². The summed E-state index contributed by atoms with van der Waals surface area (Å²) >= 11 is 0. The van der Waals surface area contributed by atoms with E-state index in [1.807, 2.05) is 60.7 Å². The van der Waals surface area contributed by atoms with Crippen molar-refractivity contribution in [2.24, 2.45) is 0 Å². The van der Waals surface area contributed by atoms with Crippen molar-refractivity contribution in [2.45, 2.75) is 38.3 Å². The number of nitrogens with one attached hydrogen (secondary N) is 1. The van der Waals surface area contributed by atoms with Crippen molar-refractivity contribution in [3.63, 3.8) is 0 Å². The van der Waals surface area contributed by atoms with Crippen LogP contribution in [0.5, 0.6) is 5.75 Å². The lowest BCUT2D eigenvalue weighted by atomic mass is 9.98. The molecule has 2 atom stereocenters. The zero-order valence-electron chi connectivity index (χ0n) is 29.0. The molecular weight excluding hydrogens is 691 g/mol. The number of aromatic nitrogens is 3. The van der Waals surface area contributed by atoms with Gasteiger partial charge in [-0.1, -0.05) is 65.8 Å². The van der Waals surface area contributed by atoms with E-state index >= 15 is 0 Å². The van der Waals surface area contributed by atoms with Gasteiger partial charge in [0, 0.05) is 37.2 Å². The molecule has 5 heterocycles. The third kappa shape index (κ3) is 7.06. The summed E-state index contributed by atoms with van der Waals surface area (Å²) < 4.78 is 19.2. The topological polar surface area (TPSA) is 148 Å². The van der Waals surface area contributed by atoms with Crippen molar-refractivity contribution in [3.8, 4) is 17.1 Å². The zero-order chi connectivity index (χ0) is 37.2. The second kappa shape index (κ2) is 14.8. The highest BCUT2D eigenvalue weighted by Gasteiger charge is 2.51. The number of urea groups is 1. The molecule has 2 aliphatic rings. The van der Waals surface area contributed by atoms with Crippen LogP contribution in [0, 0.1) is 5.82 Å². The van der Waals surface area contributed by atoms with Gasteiger partial charge in [-0.15, -0.1) is 0 Å². The summed E-state index contributed by atoms with van der Waals surface area (Å²) in [5.74, 6) is -0.686. The van der Waals surface area contributed by atoms with Crippen LogP contribution in [-0.2, 0) is 35.6 Å². The number of hydrogen-bond acceptors (Lipinski definition) is 9. The summed E-state index contributed by atoms with van der Waals surface area (Å²) in [6.07, 6.45) is 2.05. The number of halogens is 1. The maximum atomic E-state index is 14.5. The molecule has 3 aromatic heterocycles. The largest absolute Gasteiger partial charge is 0.508 e. The molecule has 0 bridgehead atoms. The fraction of sp³-hybridized carbons (Fsp3) is 0.200. The number of piperazine rings is 1. The van der Waals surface area contributed by atoms with Gasteiger partial charge in [-0.25, -0.2) is 14.2 Å². The van der Waals surface area contributed by atoms with Crippen LogP contribution in [0.15, 0.2) is 120 Å². The smallest absolute Gasteiger partial charge is 0.334 e. The molecule has 272 valence electrons. The van der Waals surface area contributed by atoms with Crippen molar-refractivity contribution in [3.05, 3.63) is 144 Å². The molecule has 0 radical (unpaired) electrons. The lowest BCUT2D eigenvalue weighted by Gasteiger charge is -2.55.